The Kier molecular flexibility index (Phi) is 3.46. The first kappa shape index (κ1) is 12.4. The maximum Gasteiger partial charge on any atom is 0.128 e. The quantitative estimate of drug-likeness (QED) is 0.904. The lowest BCUT2D eigenvalue weighted by Crippen LogP contribution is -2.18. The molecule has 1 aromatic heterocycles. The number of benzene rings is 1. The van der Waals surface area contributed by atoms with Crippen LogP contribution in [-0.2, 0) is 6.54 Å². The van der Waals surface area contributed by atoms with Gasteiger partial charge in [-0.15, -0.1) is 0 Å². The average molecular weight is 245 g/mol. The lowest BCUT2D eigenvalue weighted by molar-refractivity contribution is 0.607. The van der Waals surface area contributed by atoms with Gasteiger partial charge < -0.3 is 10.6 Å². The molecule has 0 saturated carbocycles. The summed E-state index contributed by atoms with van der Waals surface area (Å²) >= 11 is 0. The summed E-state index contributed by atoms with van der Waals surface area (Å²) in [6, 6.07) is 10.4. The highest BCUT2D eigenvalue weighted by atomic mass is 19.1. The van der Waals surface area contributed by atoms with Crippen molar-refractivity contribution >= 4 is 11.5 Å². The Morgan fingerprint density at radius 1 is 1.22 bits per heavy atom. The topological polar surface area (TPSA) is 42.2 Å². The third-order valence-corrected chi connectivity index (χ3v) is 2.87. The standard InChI is InChI=1S/C14H16FN3/c1-10-13(16)7-8-14(17-10)18(2)9-11-5-3-4-6-12(11)15/h3-8H,9,16H2,1-2H3. The fourth-order valence-corrected chi connectivity index (χ4v) is 1.73. The molecule has 0 aliphatic rings. The van der Waals surface area contributed by atoms with E-state index in [0.29, 0.717) is 17.8 Å². The minimum Gasteiger partial charge on any atom is -0.397 e. The Bertz CT molecular complexity index is 554. The predicted octanol–water partition coefficient (Wildman–Crippen LogP) is 2.75. The summed E-state index contributed by atoms with van der Waals surface area (Å²) in [6.07, 6.45) is 0. The van der Waals surface area contributed by atoms with Gasteiger partial charge in [0.25, 0.3) is 0 Å². The van der Waals surface area contributed by atoms with E-state index in [0.717, 1.165) is 11.5 Å². The van der Waals surface area contributed by atoms with Crippen molar-refractivity contribution in [2.75, 3.05) is 17.7 Å². The smallest absolute Gasteiger partial charge is 0.128 e. The SMILES string of the molecule is Cc1nc(N(C)Cc2ccccc2F)ccc1N. The summed E-state index contributed by atoms with van der Waals surface area (Å²) in [7, 11) is 1.88. The van der Waals surface area contributed by atoms with Crippen molar-refractivity contribution in [3.8, 4) is 0 Å². The molecule has 2 N–H and O–H groups in total. The molecule has 2 aromatic rings. The normalized spacial score (nSPS) is 10.4. The molecule has 0 unspecified atom stereocenters. The Morgan fingerprint density at radius 2 is 1.94 bits per heavy atom. The van der Waals surface area contributed by atoms with Gasteiger partial charge in [0.05, 0.1) is 11.4 Å². The van der Waals surface area contributed by atoms with E-state index in [1.165, 1.54) is 6.07 Å². The fourth-order valence-electron chi connectivity index (χ4n) is 1.73. The highest BCUT2D eigenvalue weighted by molar-refractivity contribution is 5.50. The van der Waals surface area contributed by atoms with Crippen molar-refractivity contribution in [2.24, 2.45) is 0 Å². The number of nitrogen functional groups attached to an aromatic ring is 1. The van der Waals surface area contributed by atoms with Crippen molar-refractivity contribution < 1.29 is 4.39 Å². The number of rotatable bonds is 3. The molecule has 0 saturated heterocycles. The van der Waals surface area contributed by atoms with E-state index in [-0.39, 0.29) is 5.82 Å². The van der Waals surface area contributed by atoms with E-state index in [2.05, 4.69) is 4.98 Å². The number of nitrogens with two attached hydrogens (primary N) is 1. The zero-order chi connectivity index (χ0) is 13.1. The third kappa shape index (κ3) is 2.59. The molecule has 0 aliphatic carbocycles. The molecule has 0 spiro atoms. The van der Waals surface area contributed by atoms with Crippen LogP contribution in [0.1, 0.15) is 11.3 Å². The van der Waals surface area contributed by atoms with Gasteiger partial charge in [0, 0.05) is 19.2 Å². The number of hydrogen-bond acceptors (Lipinski definition) is 3. The number of aryl methyl sites for hydroxylation is 1. The second kappa shape index (κ2) is 5.04. The number of nitrogens with zero attached hydrogens (tertiary/aromatic N) is 2. The lowest BCUT2D eigenvalue weighted by atomic mass is 10.2. The Labute approximate surface area is 106 Å². The Morgan fingerprint density at radius 3 is 2.61 bits per heavy atom. The highest BCUT2D eigenvalue weighted by Gasteiger charge is 2.08. The van der Waals surface area contributed by atoms with Gasteiger partial charge in [-0.1, -0.05) is 18.2 Å². The van der Waals surface area contributed by atoms with Gasteiger partial charge in [0.2, 0.25) is 0 Å². The predicted molar refractivity (Wildman–Crippen MR) is 71.9 cm³/mol. The van der Waals surface area contributed by atoms with Crippen LogP contribution in [0.3, 0.4) is 0 Å². The molecule has 0 radical (unpaired) electrons. The second-order valence-corrected chi connectivity index (χ2v) is 4.29. The summed E-state index contributed by atoms with van der Waals surface area (Å²) in [5.74, 6) is 0.585. The molecular formula is C14H16FN3. The van der Waals surface area contributed by atoms with Gasteiger partial charge in [0.1, 0.15) is 11.6 Å². The molecule has 0 amide bonds. The zero-order valence-electron chi connectivity index (χ0n) is 10.5. The molecule has 3 nitrogen and oxygen atoms in total. The van der Waals surface area contributed by atoms with E-state index in [1.807, 2.05) is 37.1 Å². The van der Waals surface area contributed by atoms with Gasteiger partial charge in [-0.05, 0) is 25.1 Å². The fraction of sp³-hybridized carbons (Fsp3) is 0.214. The van der Waals surface area contributed by atoms with E-state index < -0.39 is 0 Å². The summed E-state index contributed by atoms with van der Waals surface area (Å²) in [4.78, 5) is 6.27. The van der Waals surface area contributed by atoms with Crippen LogP contribution < -0.4 is 10.6 Å². The van der Waals surface area contributed by atoms with Gasteiger partial charge in [0.15, 0.2) is 0 Å². The van der Waals surface area contributed by atoms with Crippen molar-refractivity contribution in [1.82, 2.24) is 4.98 Å². The summed E-state index contributed by atoms with van der Waals surface area (Å²) in [6.45, 7) is 2.33. The molecule has 94 valence electrons. The third-order valence-electron chi connectivity index (χ3n) is 2.87. The number of hydrogen-bond donors (Lipinski definition) is 1. The van der Waals surface area contributed by atoms with Gasteiger partial charge >= 0.3 is 0 Å². The highest BCUT2D eigenvalue weighted by Crippen LogP contribution is 2.18. The molecule has 0 bridgehead atoms. The van der Waals surface area contributed by atoms with Crippen molar-refractivity contribution in [3.05, 3.63) is 53.5 Å². The van der Waals surface area contributed by atoms with E-state index in [1.54, 1.807) is 12.1 Å². The molecule has 1 heterocycles. The monoisotopic (exact) mass is 245 g/mol. The van der Waals surface area contributed by atoms with Gasteiger partial charge in [-0.25, -0.2) is 9.37 Å². The second-order valence-electron chi connectivity index (χ2n) is 4.29. The molecule has 0 atom stereocenters. The van der Waals surface area contributed by atoms with Crippen LogP contribution in [0.15, 0.2) is 36.4 Å². The first-order chi connectivity index (χ1) is 8.58. The summed E-state index contributed by atoms with van der Waals surface area (Å²) in [5, 5.41) is 0. The van der Waals surface area contributed by atoms with Crippen LogP contribution in [0.5, 0.6) is 0 Å². The molecule has 0 fully saturated rings. The van der Waals surface area contributed by atoms with Gasteiger partial charge in [-0.3, -0.25) is 0 Å². The largest absolute Gasteiger partial charge is 0.397 e. The number of pyridine rings is 1. The summed E-state index contributed by atoms with van der Waals surface area (Å²) in [5.41, 5.74) is 7.82. The first-order valence-corrected chi connectivity index (χ1v) is 5.75. The zero-order valence-corrected chi connectivity index (χ0v) is 10.5. The number of halogens is 1. The average Bonchev–Trinajstić information content (AvgIpc) is 2.35. The van der Waals surface area contributed by atoms with Crippen LogP contribution in [0, 0.1) is 12.7 Å². The van der Waals surface area contributed by atoms with Crippen molar-refractivity contribution in [3.63, 3.8) is 0 Å². The minimum absolute atomic E-state index is 0.198. The Balaban J connectivity index is 2.19. The summed E-state index contributed by atoms with van der Waals surface area (Å²) < 4.78 is 13.5. The Hall–Kier alpha value is -2.10. The molecular weight excluding hydrogens is 229 g/mol. The van der Waals surface area contributed by atoms with Crippen LogP contribution in [-0.4, -0.2) is 12.0 Å². The first-order valence-electron chi connectivity index (χ1n) is 5.75. The van der Waals surface area contributed by atoms with Crippen molar-refractivity contribution in [1.29, 1.82) is 0 Å². The maximum atomic E-state index is 13.5. The number of anilines is 2. The van der Waals surface area contributed by atoms with E-state index in [9.17, 15) is 4.39 Å². The van der Waals surface area contributed by atoms with Crippen LogP contribution in [0.2, 0.25) is 0 Å². The maximum absolute atomic E-state index is 13.5. The molecule has 1 aromatic carbocycles. The molecule has 2 rings (SSSR count). The molecule has 0 aliphatic heterocycles. The molecule has 4 heteroatoms. The van der Waals surface area contributed by atoms with Crippen molar-refractivity contribution in [2.45, 2.75) is 13.5 Å². The number of aromatic nitrogens is 1. The van der Waals surface area contributed by atoms with Gasteiger partial charge in [-0.2, -0.15) is 0 Å². The van der Waals surface area contributed by atoms with Crippen LogP contribution in [0.4, 0.5) is 15.9 Å². The van der Waals surface area contributed by atoms with Crippen LogP contribution in [0.25, 0.3) is 0 Å². The van der Waals surface area contributed by atoms with E-state index in [4.69, 9.17) is 5.73 Å². The van der Waals surface area contributed by atoms with E-state index >= 15 is 0 Å². The molecule has 18 heavy (non-hydrogen) atoms. The minimum atomic E-state index is -0.198. The lowest BCUT2D eigenvalue weighted by Gasteiger charge is -2.19. The van der Waals surface area contributed by atoms with Crippen LogP contribution >= 0.6 is 0 Å².